The van der Waals surface area contributed by atoms with Gasteiger partial charge in [0.05, 0.1) is 12.5 Å². The molecule has 20 heavy (non-hydrogen) atoms. The van der Waals surface area contributed by atoms with Gasteiger partial charge in [0, 0.05) is 12.6 Å². The second-order valence-electron chi connectivity index (χ2n) is 4.79. The smallest absolute Gasteiger partial charge is 0.242 e. The van der Waals surface area contributed by atoms with Crippen molar-refractivity contribution in [1.29, 1.82) is 0 Å². The van der Waals surface area contributed by atoms with Crippen LogP contribution < -0.4 is 15.4 Å². The third-order valence-electron chi connectivity index (χ3n) is 2.80. The van der Waals surface area contributed by atoms with Crippen molar-refractivity contribution in [2.24, 2.45) is 0 Å². The summed E-state index contributed by atoms with van der Waals surface area (Å²) in [5, 5.41) is 13.4. The fourth-order valence-electron chi connectivity index (χ4n) is 2.01. The van der Waals surface area contributed by atoms with E-state index in [0.717, 1.165) is 32.2 Å². The number of sulfonamides is 1. The SMILES string of the molecule is CS(=O)(=O)Nc1cn(CC(=O)NC2CCCNC2)nn1. The number of aromatic nitrogens is 3. The van der Waals surface area contributed by atoms with Crippen LogP contribution in [-0.4, -0.2) is 54.7 Å². The van der Waals surface area contributed by atoms with E-state index in [1.165, 1.54) is 10.9 Å². The van der Waals surface area contributed by atoms with Gasteiger partial charge in [-0.3, -0.25) is 9.52 Å². The summed E-state index contributed by atoms with van der Waals surface area (Å²) in [7, 11) is -3.39. The largest absolute Gasteiger partial charge is 0.350 e. The first-order valence-electron chi connectivity index (χ1n) is 6.30. The Hall–Kier alpha value is -1.68. The third-order valence-corrected chi connectivity index (χ3v) is 3.38. The number of carbonyl (C=O) groups is 1. The Morgan fingerprint density at radius 2 is 2.40 bits per heavy atom. The molecule has 1 unspecified atom stereocenters. The minimum absolute atomic E-state index is 0.00887. The van der Waals surface area contributed by atoms with Gasteiger partial charge in [-0.1, -0.05) is 5.21 Å². The number of nitrogens with zero attached hydrogens (tertiary/aromatic N) is 3. The van der Waals surface area contributed by atoms with Gasteiger partial charge in [-0.05, 0) is 19.4 Å². The Bertz CT molecular complexity index is 563. The molecule has 9 nitrogen and oxygen atoms in total. The number of anilines is 1. The highest BCUT2D eigenvalue weighted by Crippen LogP contribution is 2.03. The van der Waals surface area contributed by atoms with Gasteiger partial charge in [0.1, 0.15) is 6.54 Å². The van der Waals surface area contributed by atoms with E-state index in [9.17, 15) is 13.2 Å². The predicted molar refractivity (Wildman–Crippen MR) is 72.5 cm³/mol. The summed E-state index contributed by atoms with van der Waals surface area (Å²) in [6, 6.07) is 0.133. The van der Waals surface area contributed by atoms with E-state index >= 15 is 0 Å². The number of rotatable bonds is 5. The van der Waals surface area contributed by atoms with E-state index < -0.39 is 10.0 Å². The number of nitrogens with one attached hydrogen (secondary N) is 3. The second kappa shape index (κ2) is 6.18. The Morgan fingerprint density at radius 3 is 3.05 bits per heavy atom. The number of hydrogen-bond acceptors (Lipinski definition) is 6. The number of carbonyl (C=O) groups excluding carboxylic acids is 1. The van der Waals surface area contributed by atoms with E-state index in [1.807, 2.05) is 0 Å². The normalized spacial score (nSPS) is 19.6. The van der Waals surface area contributed by atoms with Gasteiger partial charge in [0.2, 0.25) is 15.9 Å². The maximum absolute atomic E-state index is 11.8. The number of hydrogen-bond donors (Lipinski definition) is 3. The summed E-state index contributed by atoms with van der Waals surface area (Å²) < 4.78 is 25.5. The molecule has 0 spiro atoms. The molecular formula is C10H18N6O3S. The summed E-state index contributed by atoms with van der Waals surface area (Å²) in [4.78, 5) is 11.8. The molecule has 0 radical (unpaired) electrons. The van der Waals surface area contributed by atoms with Crippen LogP contribution in [0.5, 0.6) is 0 Å². The van der Waals surface area contributed by atoms with E-state index in [0.29, 0.717) is 0 Å². The predicted octanol–water partition coefficient (Wildman–Crippen LogP) is -1.48. The van der Waals surface area contributed by atoms with Crippen molar-refractivity contribution in [3.63, 3.8) is 0 Å². The molecule has 1 aromatic heterocycles. The number of amides is 1. The van der Waals surface area contributed by atoms with Crippen LogP contribution in [0.3, 0.4) is 0 Å². The van der Waals surface area contributed by atoms with Crippen LogP contribution in [-0.2, 0) is 21.4 Å². The summed E-state index contributed by atoms with van der Waals surface area (Å²) in [5.41, 5.74) is 0. The van der Waals surface area contributed by atoms with Crippen molar-refractivity contribution < 1.29 is 13.2 Å². The summed E-state index contributed by atoms with van der Waals surface area (Å²) in [5.74, 6) is -0.0749. The van der Waals surface area contributed by atoms with Crippen LogP contribution in [0.15, 0.2) is 6.20 Å². The zero-order valence-electron chi connectivity index (χ0n) is 11.2. The van der Waals surface area contributed by atoms with E-state index in [2.05, 4.69) is 25.7 Å². The zero-order valence-corrected chi connectivity index (χ0v) is 12.0. The van der Waals surface area contributed by atoms with Crippen LogP contribution in [0.4, 0.5) is 5.82 Å². The minimum atomic E-state index is -3.39. The molecule has 3 N–H and O–H groups in total. The molecule has 1 aliphatic rings. The Labute approximate surface area is 117 Å². The molecule has 0 saturated carbocycles. The Morgan fingerprint density at radius 1 is 1.60 bits per heavy atom. The molecule has 0 bridgehead atoms. The topological polar surface area (TPSA) is 118 Å². The van der Waals surface area contributed by atoms with Crippen molar-refractivity contribution in [3.05, 3.63) is 6.20 Å². The van der Waals surface area contributed by atoms with Crippen LogP contribution in [0.2, 0.25) is 0 Å². The highest BCUT2D eigenvalue weighted by molar-refractivity contribution is 7.92. The molecule has 1 saturated heterocycles. The first kappa shape index (κ1) is 14.7. The quantitative estimate of drug-likeness (QED) is 0.610. The van der Waals surface area contributed by atoms with Crippen LogP contribution in [0.25, 0.3) is 0 Å². The lowest BCUT2D eigenvalue weighted by atomic mass is 10.1. The highest BCUT2D eigenvalue weighted by Gasteiger charge is 2.16. The van der Waals surface area contributed by atoms with Crippen LogP contribution in [0.1, 0.15) is 12.8 Å². The summed E-state index contributed by atoms with van der Waals surface area (Å²) in [6.07, 6.45) is 4.39. The first-order valence-corrected chi connectivity index (χ1v) is 8.19. The van der Waals surface area contributed by atoms with Crippen molar-refractivity contribution in [2.75, 3.05) is 24.1 Å². The van der Waals surface area contributed by atoms with Gasteiger partial charge in [-0.25, -0.2) is 13.1 Å². The van der Waals surface area contributed by atoms with Crippen molar-refractivity contribution in [2.45, 2.75) is 25.4 Å². The highest BCUT2D eigenvalue weighted by atomic mass is 32.2. The van der Waals surface area contributed by atoms with Gasteiger partial charge in [-0.15, -0.1) is 5.10 Å². The summed E-state index contributed by atoms with van der Waals surface area (Å²) >= 11 is 0. The maximum atomic E-state index is 11.8. The van der Waals surface area contributed by atoms with Gasteiger partial charge in [0.15, 0.2) is 5.82 Å². The lowest BCUT2D eigenvalue weighted by molar-refractivity contribution is -0.122. The maximum Gasteiger partial charge on any atom is 0.242 e. The molecular weight excluding hydrogens is 284 g/mol. The van der Waals surface area contributed by atoms with Gasteiger partial charge < -0.3 is 10.6 Å². The molecule has 0 aromatic carbocycles. The molecule has 1 aromatic rings. The molecule has 1 amide bonds. The van der Waals surface area contributed by atoms with Gasteiger partial charge in [-0.2, -0.15) is 0 Å². The van der Waals surface area contributed by atoms with Crippen LogP contribution >= 0.6 is 0 Å². The molecule has 10 heteroatoms. The fourth-order valence-corrected chi connectivity index (χ4v) is 2.48. The molecule has 1 aliphatic heterocycles. The Kier molecular flexibility index (Phi) is 4.55. The number of piperidine rings is 1. The van der Waals surface area contributed by atoms with Crippen molar-refractivity contribution >= 4 is 21.7 Å². The Balaban J connectivity index is 1.85. The fraction of sp³-hybridized carbons (Fsp3) is 0.700. The second-order valence-corrected chi connectivity index (χ2v) is 6.53. The molecule has 0 aliphatic carbocycles. The van der Waals surface area contributed by atoms with E-state index in [4.69, 9.17) is 0 Å². The van der Waals surface area contributed by atoms with E-state index in [-0.39, 0.29) is 24.3 Å². The van der Waals surface area contributed by atoms with Gasteiger partial charge >= 0.3 is 0 Å². The minimum Gasteiger partial charge on any atom is -0.350 e. The van der Waals surface area contributed by atoms with Crippen LogP contribution in [0, 0.1) is 0 Å². The first-order chi connectivity index (χ1) is 9.42. The molecule has 2 heterocycles. The van der Waals surface area contributed by atoms with Gasteiger partial charge in [0.25, 0.3) is 0 Å². The van der Waals surface area contributed by atoms with E-state index in [1.54, 1.807) is 0 Å². The average Bonchev–Trinajstić information content (AvgIpc) is 2.75. The van der Waals surface area contributed by atoms with Crippen molar-refractivity contribution in [1.82, 2.24) is 25.6 Å². The standard InChI is InChI=1S/C10H18N6O3S/c1-20(18,19)14-9-6-16(15-13-9)7-10(17)12-8-3-2-4-11-5-8/h6,8,11,14H,2-5,7H2,1H3,(H,12,17). The lowest BCUT2D eigenvalue weighted by Gasteiger charge is -2.23. The molecule has 1 atom stereocenters. The monoisotopic (exact) mass is 302 g/mol. The zero-order chi connectivity index (χ0) is 14.6. The lowest BCUT2D eigenvalue weighted by Crippen LogP contribution is -2.46. The van der Waals surface area contributed by atoms with Crippen molar-refractivity contribution in [3.8, 4) is 0 Å². The molecule has 2 rings (SSSR count). The third kappa shape index (κ3) is 4.78. The molecule has 112 valence electrons. The molecule has 1 fully saturated rings. The average molecular weight is 302 g/mol. The summed E-state index contributed by atoms with van der Waals surface area (Å²) in [6.45, 7) is 1.76.